The van der Waals surface area contributed by atoms with E-state index in [0.717, 1.165) is 5.56 Å². The molecular weight excluding hydrogens is 242 g/mol. The first kappa shape index (κ1) is 13.5. The van der Waals surface area contributed by atoms with Gasteiger partial charge >= 0.3 is 5.97 Å². The van der Waals surface area contributed by atoms with Crippen molar-refractivity contribution in [1.82, 2.24) is 4.90 Å². The fraction of sp³-hybridized carbons (Fsp3) is 0.333. The zero-order valence-electron chi connectivity index (χ0n) is 11.0. The Morgan fingerprint density at radius 3 is 2.42 bits per heavy atom. The molecule has 4 nitrogen and oxygen atoms in total. The minimum atomic E-state index is -0.857. The number of hydrogen-bond acceptors (Lipinski definition) is 3. The van der Waals surface area contributed by atoms with Crippen LogP contribution in [0.2, 0.25) is 0 Å². The van der Waals surface area contributed by atoms with Crippen molar-refractivity contribution >= 4 is 11.8 Å². The second-order valence-corrected chi connectivity index (χ2v) is 4.89. The SMILES string of the molecule is Cc1ccc(C(=O)C2C=CC(CC(=O)O)N2C)cc1. The number of aryl methyl sites for hydroxylation is 1. The van der Waals surface area contributed by atoms with Crippen molar-refractivity contribution in [3.63, 3.8) is 0 Å². The molecule has 4 heteroatoms. The van der Waals surface area contributed by atoms with Gasteiger partial charge in [0.2, 0.25) is 0 Å². The fourth-order valence-electron chi connectivity index (χ4n) is 2.26. The average Bonchev–Trinajstić information content (AvgIpc) is 2.70. The molecule has 19 heavy (non-hydrogen) atoms. The Bertz CT molecular complexity index is 519. The van der Waals surface area contributed by atoms with Crippen molar-refractivity contribution in [2.24, 2.45) is 0 Å². The van der Waals surface area contributed by atoms with Gasteiger partial charge in [0, 0.05) is 11.6 Å². The molecule has 0 amide bonds. The second-order valence-electron chi connectivity index (χ2n) is 4.89. The first-order valence-electron chi connectivity index (χ1n) is 6.22. The fourth-order valence-corrected chi connectivity index (χ4v) is 2.26. The number of benzene rings is 1. The molecule has 1 N–H and O–H groups in total. The highest BCUT2D eigenvalue weighted by atomic mass is 16.4. The molecule has 0 fully saturated rings. The maximum atomic E-state index is 12.4. The summed E-state index contributed by atoms with van der Waals surface area (Å²) in [6.45, 7) is 1.97. The molecule has 0 aliphatic carbocycles. The van der Waals surface area contributed by atoms with Crippen molar-refractivity contribution < 1.29 is 14.7 Å². The highest BCUT2D eigenvalue weighted by Gasteiger charge is 2.31. The van der Waals surface area contributed by atoms with E-state index < -0.39 is 5.97 Å². The van der Waals surface area contributed by atoms with Gasteiger partial charge < -0.3 is 5.11 Å². The van der Waals surface area contributed by atoms with Crippen LogP contribution in [0.5, 0.6) is 0 Å². The van der Waals surface area contributed by atoms with Crippen LogP contribution >= 0.6 is 0 Å². The van der Waals surface area contributed by atoms with E-state index in [1.54, 1.807) is 24.1 Å². The van der Waals surface area contributed by atoms with E-state index in [1.807, 2.05) is 31.2 Å². The van der Waals surface area contributed by atoms with E-state index in [-0.39, 0.29) is 24.3 Å². The molecule has 0 saturated carbocycles. The highest BCUT2D eigenvalue weighted by molar-refractivity contribution is 6.01. The third kappa shape index (κ3) is 2.90. The summed E-state index contributed by atoms with van der Waals surface area (Å²) in [4.78, 5) is 24.9. The third-order valence-corrected chi connectivity index (χ3v) is 3.47. The minimum Gasteiger partial charge on any atom is -0.481 e. The minimum absolute atomic E-state index is 0.00615. The number of carbonyl (C=O) groups excluding carboxylic acids is 1. The monoisotopic (exact) mass is 259 g/mol. The number of hydrogen-bond donors (Lipinski definition) is 1. The normalized spacial score (nSPS) is 22.6. The van der Waals surface area contributed by atoms with Crippen LogP contribution < -0.4 is 0 Å². The Morgan fingerprint density at radius 2 is 1.84 bits per heavy atom. The average molecular weight is 259 g/mol. The van der Waals surface area contributed by atoms with Crippen LogP contribution in [0, 0.1) is 6.92 Å². The van der Waals surface area contributed by atoms with Gasteiger partial charge in [0.1, 0.15) is 0 Å². The van der Waals surface area contributed by atoms with Crippen molar-refractivity contribution in [2.75, 3.05) is 7.05 Å². The quantitative estimate of drug-likeness (QED) is 0.662. The lowest BCUT2D eigenvalue weighted by molar-refractivity contribution is -0.137. The molecule has 1 aliphatic rings. The molecule has 0 spiro atoms. The molecule has 1 heterocycles. The lowest BCUT2D eigenvalue weighted by atomic mass is 10.0. The Hall–Kier alpha value is -1.94. The van der Waals surface area contributed by atoms with Crippen LogP contribution in [0.15, 0.2) is 36.4 Å². The molecule has 2 unspecified atom stereocenters. The molecule has 0 radical (unpaired) electrons. The number of rotatable bonds is 4. The predicted octanol–water partition coefficient (Wildman–Crippen LogP) is 1.89. The summed E-state index contributed by atoms with van der Waals surface area (Å²) in [6, 6.07) is 6.85. The predicted molar refractivity (Wildman–Crippen MR) is 72.2 cm³/mol. The molecule has 1 aliphatic heterocycles. The summed E-state index contributed by atoms with van der Waals surface area (Å²) in [6.07, 6.45) is 3.60. The van der Waals surface area contributed by atoms with Crippen LogP contribution in [0.1, 0.15) is 22.3 Å². The molecular formula is C15H17NO3. The molecule has 1 aromatic rings. The molecule has 2 atom stereocenters. The smallest absolute Gasteiger partial charge is 0.305 e. The van der Waals surface area contributed by atoms with Gasteiger partial charge in [0.05, 0.1) is 12.5 Å². The van der Waals surface area contributed by atoms with Crippen molar-refractivity contribution in [1.29, 1.82) is 0 Å². The van der Waals surface area contributed by atoms with Gasteiger partial charge in [-0.25, -0.2) is 0 Å². The Labute approximate surface area is 112 Å². The second kappa shape index (κ2) is 5.36. The maximum absolute atomic E-state index is 12.4. The van der Waals surface area contributed by atoms with Gasteiger partial charge in [0.15, 0.2) is 5.78 Å². The summed E-state index contributed by atoms with van der Waals surface area (Å²) in [5.41, 5.74) is 1.76. The lowest BCUT2D eigenvalue weighted by Gasteiger charge is -2.24. The van der Waals surface area contributed by atoms with Gasteiger partial charge in [-0.3, -0.25) is 14.5 Å². The Kier molecular flexibility index (Phi) is 3.81. The number of carboxylic acids is 1. The van der Waals surface area contributed by atoms with Gasteiger partial charge in [-0.2, -0.15) is 0 Å². The summed E-state index contributed by atoms with van der Waals surface area (Å²) in [5, 5.41) is 8.82. The van der Waals surface area contributed by atoms with Crippen molar-refractivity contribution in [3.8, 4) is 0 Å². The van der Waals surface area contributed by atoms with Gasteiger partial charge in [-0.1, -0.05) is 42.0 Å². The molecule has 1 aromatic carbocycles. The van der Waals surface area contributed by atoms with Crippen molar-refractivity contribution in [3.05, 3.63) is 47.5 Å². The van der Waals surface area contributed by atoms with Crippen LogP contribution in [0.3, 0.4) is 0 Å². The summed E-state index contributed by atoms with van der Waals surface area (Å²) < 4.78 is 0. The first-order chi connectivity index (χ1) is 8.99. The van der Waals surface area contributed by atoms with Crippen molar-refractivity contribution in [2.45, 2.75) is 25.4 Å². The number of aliphatic carboxylic acids is 1. The number of carbonyl (C=O) groups is 2. The molecule has 0 saturated heterocycles. The Morgan fingerprint density at radius 1 is 1.21 bits per heavy atom. The van der Waals surface area contributed by atoms with E-state index in [1.165, 1.54) is 0 Å². The molecule has 2 rings (SSSR count). The van der Waals surface area contributed by atoms with E-state index in [0.29, 0.717) is 5.56 Å². The summed E-state index contributed by atoms with van der Waals surface area (Å²) in [7, 11) is 1.78. The number of nitrogens with zero attached hydrogens (tertiary/aromatic N) is 1. The van der Waals surface area contributed by atoms with E-state index >= 15 is 0 Å². The summed E-state index contributed by atoms with van der Waals surface area (Å²) in [5.74, 6) is -0.850. The number of likely N-dealkylation sites (N-methyl/N-ethyl adjacent to an activating group) is 1. The number of carboxylic acid groups (broad SMARTS) is 1. The summed E-state index contributed by atoms with van der Waals surface area (Å²) >= 11 is 0. The van der Waals surface area contributed by atoms with Gasteiger partial charge in [-0.05, 0) is 14.0 Å². The molecule has 0 bridgehead atoms. The highest BCUT2D eigenvalue weighted by Crippen LogP contribution is 2.21. The zero-order valence-corrected chi connectivity index (χ0v) is 11.0. The van der Waals surface area contributed by atoms with Crippen LogP contribution in [-0.2, 0) is 4.79 Å². The molecule has 100 valence electrons. The van der Waals surface area contributed by atoms with Crippen LogP contribution in [0.4, 0.5) is 0 Å². The van der Waals surface area contributed by atoms with Gasteiger partial charge in [0.25, 0.3) is 0 Å². The maximum Gasteiger partial charge on any atom is 0.305 e. The molecule has 0 aromatic heterocycles. The van der Waals surface area contributed by atoms with Crippen LogP contribution in [0.25, 0.3) is 0 Å². The topological polar surface area (TPSA) is 57.6 Å². The first-order valence-corrected chi connectivity index (χ1v) is 6.22. The van der Waals surface area contributed by atoms with Crippen LogP contribution in [-0.4, -0.2) is 40.9 Å². The Balaban J connectivity index is 2.11. The number of ketones is 1. The van der Waals surface area contributed by atoms with E-state index in [9.17, 15) is 9.59 Å². The third-order valence-electron chi connectivity index (χ3n) is 3.47. The number of Topliss-reactive ketones (excluding diaryl/α,β-unsaturated/α-hetero) is 1. The zero-order chi connectivity index (χ0) is 14.0. The lowest BCUT2D eigenvalue weighted by Crippen LogP contribution is -2.39. The van der Waals surface area contributed by atoms with E-state index in [2.05, 4.69) is 0 Å². The standard InChI is InChI=1S/C15H17NO3/c1-10-3-5-11(6-4-10)15(19)13-8-7-12(16(13)2)9-14(17)18/h3-8,12-13H,9H2,1-2H3,(H,17,18). The largest absolute Gasteiger partial charge is 0.481 e. The van der Waals surface area contributed by atoms with E-state index in [4.69, 9.17) is 5.11 Å². The van der Waals surface area contributed by atoms with Gasteiger partial charge in [-0.15, -0.1) is 0 Å².